The summed E-state index contributed by atoms with van der Waals surface area (Å²) in [6, 6.07) is 87.5. The predicted octanol–water partition coefficient (Wildman–Crippen LogP) is 19.3. The number of aromatic nitrogens is 1. The van der Waals surface area contributed by atoms with E-state index in [-0.39, 0.29) is 10.8 Å². The monoisotopic (exact) mass is 962 g/mol. The lowest BCUT2D eigenvalue weighted by Gasteiger charge is -2.61. The summed E-state index contributed by atoms with van der Waals surface area (Å²) in [5, 5.41) is 2.49. The average molecular weight is 963 g/mol. The van der Waals surface area contributed by atoms with Crippen molar-refractivity contribution in [3.05, 3.63) is 253 Å². The van der Waals surface area contributed by atoms with Crippen molar-refractivity contribution >= 4 is 38.9 Å². The second-order valence-electron chi connectivity index (χ2n) is 23.2. The molecule has 4 fully saturated rings. The van der Waals surface area contributed by atoms with Crippen LogP contribution in [0.1, 0.15) is 68.2 Å². The molecule has 4 bridgehead atoms. The van der Waals surface area contributed by atoms with Gasteiger partial charge in [-0.2, -0.15) is 0 Å². The highest BCUT2D eigenvalue weighted by atomic mass is 15.1. The molecular weight excluding hydrogens is 905 g/mol. The highest BCUT2D eigenvalue weighted by Crippen LogP contribution is 2.70. The second-order valence-corrected chi connectivity index (χ2v) is 23.2. The number of anilines is 3. The third-order valence-corrected chi connectivity index (χ3v) is 19.2. The highest BCUT2D eigenvalue weighted by Gasteiger charge is 2.62. The number of hydrogen-bond donors (Lipinski definition) is 0. The Labute approximate surface area is 440 Å². The number of nitrogens with zero attached hydrogens (tertiary/aromatic N) is 2. The second kappa shape index (κ2) is 16.1. The Morgan fingerprint density at radius 2 is 0.947 bits per heavy atom. The van der Waals surface area contributed by atoms with Crippen molar-refractivity contribution < 1.29 is 0 Å². The van der Waals surface area contributed by atoms with Gasteiger partial charge in [0.05, 0.1) is 11.0 Å². The Morgan fingerprint density at radius 3 is 1.73 bits per heavy atom. The van der Waals surface area contributed by atoms with E-state index in [9.17, 15) is 0 Å². The van der Waals surface area contributed by atoms with Crippen molar-refractivity contribution in [2.45, 2.75) is 56.8 Å². The maximum atomic E-state index is 2.66. The fourth-order valence-corrected chi connectivity index (χ4v) is 16.3. The largest absolute Gasteiger partial charge is 0.310 e. The van der Waals surface area contributed by atoms with E-state index in [0.717, 1.165) is 28.9 Å². The molecule has 2 nitrogen and oxygen atoms in total. The molecule has 0 radical (unpaired) electrons. The molecule has 1 aromatic heterocycles. The minimum Gasteiger partial charge on any atom is -0.310 e. The first-order valence-corrected chi connectivity index (χ1v) is 27.6. The van der Waals surface area contributed by atoms with E-state index in [0.29, 0.717) is 11.8 Å². The summed E-state index contributed by atoms with van der Waals surface area (Å²) >= 11 is 0. The molecule has 11 aromatic rings. The molecule has 75 heavy (non-hydrogen) atoms. The normalized spacial score (nSPS) is 21.1. The molecule has 4 saturated carbocycles. The number of rotatable bonds is 7. The van der Waals surface area contributed by atoms with Crippen molar-refractivity contribution in [2.75, 3.05) is 4.90 Å². The molecule has 0 saturated heterocycles. The van der Waals surface area contributed by atoms with Gasteiger partial charge in [-0.15, -0.1) is 0 Å². The predicted molar refractivity (Wildman–Crippen MR) is 313 cm³/mol. The average Bonchev–Trinajstić information content (AvgIpc) is 4.10. The van der Waals surface area contributed by atoms with Gasteiger partial charge in [-0.05, 0) is 200 Å². The minimum atomic E-state index is -0.0736. The smallest absolute Gasteiger partial charge is 0.0542 e. The van der Waals surface area contributed by atoms with Gasteiger partial charge in [0.1, 0.15) is 0 Å². The van der Waals surface area contributed by atoms with Crippen molar-refractivity contribution in [1.29, 1.82) is 0 Å². The van der Waals surface area contributed by atoms with Crippen LogP contribution in [0.15, 0.2) is 231 Å². The number of para-hydroxylation sites is 2. The molecule has 17 rings (SSSR count). The van der Waals surface area contributed by atoms with Crippen LogP contribution in [0.4, 0.5) is 17.1 Å². The highest BCUT2D eigenvalue weighted by molar-refractivity contribution is 6.11. The summed E-state index contributed by atoms with van der Waals surface area (Å²) in [5.41, 5.74) is 26.4. The van der Waals surface area contributed by atoms with Crippen molar-refractivity contribution in [3.8, 4) is 61.3 Å². The molecule has 1 spiro atoms. The summed E-state index contributed by atoms with van der Waals surface area (Å²) in [6.45, 7) is 4.74. The van der Waals surface area contributed by atoms with Crippen molar-refractivity contribution in [3.63, 3.8) is 0 Å². The topological polar surface area (TPSA) is 8.17 Å². The Bertz CT molecular complexity index is 4070. The fourth-order valence-electron chi connectivity index (χ4n) is 16.3. The lowest BCUT2D eigenvalue weighted by Crippen LogP contribution is -2.55. The summed E-state index contributed by atoms with van der Waals surface area (Å²) in [4.78, 5) is 2.49. The number of fused-ring (bicyclic) bond motifs is 9. The van der Waals surface area contributed by atoms with Gasteiger partial charge in [0, 0.05) is 44.4 Å². The lowest BCUT2D eigenvalue weighted by molar-refractivity contribution is -0.0399. The van der Waals surface area contributed by atoms with Crippen LogP contribution in [0.25, 0.3) is 83.1 Å². The first-order valence-electron chi connectivity index (χ1n) is 27.6. The molecule has 360 valence electrons. The Hall–Kier alpha value is -8.20. The maximum Gasteiger partial charge on any atom is 0.0542 e. The van der Waals surface area contributed by atoms with Gasteiger partial charge < -0.3 is 9.47 Å². The zero-order valence-corrected chi connectivity index (χ0v) is 42.7. The zero-order chi connectivity index (χ0) is 49.6. The summed E-state index contributed by atoms with van der Waals surface area (Å²) in [7, 11) is 0. The van der Waals surface area contributed by atoms with Crippen LogP contribution < -0.4 is 4.90 Å². The van der Waals surface area contributed by atoms with E-state index in [1.54, 1.807) is 11.1 Å². The van der Waals surface area contributed by atoms with Crippen LogP contribution in [0.5, 0.6) is 0 Å². The number of benzene rings is 10. The van der Waals surface area contributed by atoms with Gasteiger partial charge in [-0.3, -0.25) is 0 Å². The molecule has 0 aliphatic heterocycles. The third-order valence-electron chi connectivity index (χ3n) is 19.2. The van der Waals surface area contributed by atoms with Crippen LogP contribution in [0.3, 0.4) is 0 Å². The zero-order valence-electron chi connectivity index (χ0n) is 42.7. The standard InChI is InChI=1S/C73H58N2/c1-72(2)65-25-13-11-22-59(65)63-44-55(33-36-66(63)72)74(56-34-37-70-64(45-56)60-23-12-14-27-69(60)75(70)53-18-7-4-8-19-53)54-31-28-48(29-32-54)50-30-35-62-68(43-50)73(51-39-46-38-47(41-51)42-52(73)40-46)67-26-15-24-61(71(62)67)58-21-10-9-20-57(58)49-16-5-3-6-17-49/h3-37,43-47,51-52H,38-42H2,1-2H3. The third kappa shape index (κ3) is 6.20. The summed E-state index contributed by atoms with van der Waals surface area (Å²) in [6.07, 6.45) is 6.87. The fraction of sp³-hybridized carbons (Fsp3) is 0.178. The van der Waals surface area contributed by atoms with Crippen molar-refractivity contribution in [1.82, 2.24) is 4.57 Å². The molecule has 2 heteroatoms. The van der Waals surface area contributed by atoms with E-state index >= 15 is 0 Å². The van der Waals surface area contributed by atoms with Crippen LogP contribution in [-0.2, 0) is 10.8 Å². The SMILES string of the molecule is CC1(C)c2ccccc2-c2cc(N(c3ccc(-c4ccc5c(c4)C4(c6cccc(-c7ccccc7-c7ccccc7)c6-5)C5CC6CC(C5)CC4C6)cc3)c3ccc4c(c3)c3ccccc3n4-c3ccccc3)ccc21. The van der Waals surface area contributed by atoms with E-state index in [1.807, 2.05) is 0 Å². The summed E-state index contributed by atoms with van der Waals surface area (Å²) < 4.78 is 2.41. The Morgan fingerprint density at radius 1 is 0.360 bits per heavy atom. The van der Waals surface area contributed by atoms with Gasteiger partial charge in [0.25, 0.3) is 0 Å². The first kappa shape index (κ1) is 43.2. The van der Waals surface area contributed by atoms with Gasteiger partial charge in [-0.1, -0.05) is 178 Å². The number of hydrogen-bond acceptors (Lipinski definition) is 1. The molecule has 6 aliphatic rings. The van der Waals surface area contributed by atoms with E-state index in [1.165, 1.54) is 126 Å². The maximum absolute atomic E-state index is 2.66. The van der Waals surface area contributed by atoms with Gasteiger partial charge in [0.15, 0.2) is 0 Å². The van der Waals surface area contributed by atoms with Crippen LogP contribution >= 0.6 is 0 Å². The van der Waals surface area contributed by atoms with E-state index in [4.69, 9.17) is 0 Å². The Balaban J connectivity index is 0.849. The van der Waals surface area contributed by atoms with Crippen LogP contribution in [0, 0.1) is 23.7 Å². The molecular formula is C73H58N2. The summed E-state index contributed by atoms with van der Waals surface area (Å²) in [5.74, 6) is 3.09. The van der Waals surface area contributed by atoms with Gasteiger partial charge in [0.2, 0.25) is 0 Å². The molecule has 10 aromatic carbocycles. The van der Waals surface area contributed by atoms with Crippen molar-refractivity contribution in [2.24, 2.45) is 23.7 Å². The molecule has 6 aliphatic carbocycles. The molecule has 0 atom stereocenters. The van der Waals surface area contributed by atoms with Gasteiger partial charge in [-0.25, -0.2) is 0 Å². The van der Waals surface area contributed by atoms with Gasteiger partial charge >= 0.3 is 0 Å². The molecule has 0 amide bonds. The molecule has 1 heterocycles. The Kier molecular flexibility index (Phi) is 9.31. The molecule has 0 N–H and O–H groups in total. The van der Waals surface area contributed by atoms with Crippen LogP contribution in [-0.4, -0.2) is 4.57 Å². The first-order chi connectivity index (χ1) is 36.9. The lowest BCUT2D eigenvalue weighted by atomic mass is 9.43. The van der Waals surface area contributed by atoms with Crippen LogP contribution in [0.2, 0.25) is 0 Å². The molecule has 0 unspecified atom stereocenters. The van der Waals surface area contributed by atoms with E-state index in [2.05, 4.69) is 254 Å². The quantitative estimate of drug-likeness (QED) is 0.155. The van der Waals surface area contributed by atoms with E-state index < -0.39 is 0 Å². The minimum absolute atomic E-state index is 0.0333.